The molecular weight excluding hydrogens is 228 g/mol. The molecule has 0 aliphatic rings. The van der Waals surface area contributed by atoms with E-state index in [1.807, 2.05) is 44.2 Å². The largest absolute Gasteiger partial charge is 0.428 e. The molecule has 1 aromatic carbocycles. The molecular formula is C13H16N4O. The van der Waals surface area contributed by atoms with Crippen LogP contribution >= 0.6 is 0 Å². The molecule has 0 bridgehead atoms. The van der Waals surface area contributed by atoms with Gasteiger partial charge < -0.3 is 10.2 Å². The number of oxazole rings is 1. The molecule has 2 rings (SSSR count). The lowest BCUT2D eigenvalue weighted by atomic mass is 10.2. The summed E-state index contributed by atoms with van der Waals surface area (Å²) in [5.74, 6) is 1.06. The lowest BCUT2D eigenvalue weighted by molar-refractivity contribution is 0.544. The van der Waals surface area contributed by atoms with Crippen LogP contribution in [0.2, 0.25) is 0 Å². The summed E-state index contributed by atoms with van der Waals surface area (Å²) in [7, 11) is 0. The van der Waals surface area contributed by atoms with Crippen LogP contribution in [0, 0.1) is 13.8 Å². The minimum atomic E-state index is 0.292. The maximum absolute atomic E-state index is 5.75. The van der Waals surface area contributed by atoms with Crippen LogP contribution in [0.1, 0.15) is 17.0 Å². The number of guanidine groups is 1. The van der Waals surface area contributed by atoms with Crippen molar-refractivity contribution >= 4 is 12.0 Å². The van der Waals surface area contributed by atoms with Crippen molar-refractivity contribution in [2.45, 2.75) is 20.4 Å². The number of anilines is 1. The highest BCUT2D eigenvalue weighted by molar-refractivity contribution is 5.90. The molecule has 0 saturated carbocycles. The van der Waals surface area contributed by atoms with Crippen LogP contribution in [0.15, 0.2) is 39.7 Å². The minimum Gasteiger partial charge on any atom is -0.428 e. The van der Waals surface area contributed by atoms with E-state index in [1.54, 1.807) is 0 Å². The van der Waals surface area contributed by atoms with Gasteiger partial charge in [0.1, 0.15) is 5.76 Å². The van der Waals surface area contributed by atoms with Gasteiger partial charge in [-0.25, -0.2) is 4.99 Å². The average Bonchev–Trinajstić information content (AvgIpc) is 2.67. The van der Waals surface area contributed by atoms with E-state index in [0.717, 1.165) is 17.0 Å². The zero-order valence-electron chi connectivity index (χ0n) is 10.5. The van der Waals surface area contributed by atoms with Gasteiger partial charge >= 0.3 is 6.01 Å². The zero-order chi connectivity index (χ0) is 13.0. The quantitative estimate of drug-likeness (QED) is 0.641. The van der Waals surface area contributed by atoms with Crippen molar-refractivity contribution in [3.05, 3.63) is 47.3 Å². The van der Waals surface area contributed by atoms with Gasteiger partial charge in [0, 0.05) is 0 Å². The molecule has 1 aromatic heterocycles. The number of benzene rings is 1. The van der Waals surface area contributed by atoms with Crippen LogP contribution < -0.4 is 11.1 Å². The third-order valence-corrected chi connectivity index (χ3v) is 2.54. The molecule has 2 aromatic rings. The number of aryl methyl sites for hydroxylation is 2. The van der Waals surface area contributed by atoms with Crippen molar-refractivity contribution in [1.29, 1.82) is 0 Å². The molecule has 3 N–H and O–H groups in total. The number of hydrogen-bond acceptors (Lipinski definition) is 3. The van der Waals surface area contributed by atoms with Gasteiger partial charge in [0.25, 0.3) is 0 Å². The van der Waals surface area contributed by atoms with E-state index in [9.17, 15) is 0 Å². The second kappa shape index (κ2) is 5.35. The van der Waals surface area contributed by atoms with Crippen molar-refractivity contribution in [1.82, 2.24) is 4.98 Å². The first kappa shape index (κ1) is 12.2. The molecule has 5 nitrogen and oxygen atoms in total. The Labute approximate surface area is 106 Å². The van der Waals surface area contributed by atoms with Gasteiger partial charge in [0.15, 0.2) is 5.96 Å². The number of aliphatic imine (C=N–C) groups is 1. The maximum atomic E-state index is 5.75. The van der Waals surface area contributed by atoms with Crippen LogP contribution in [-0.2, 0) is 6.54 Å². The summed E-state index contributed by atoms with van der Waals surface area (Å²) in [6.45, 7) is 4.25. The van der Waals surface area contributed by atoms with E-state index in [2.05, 4.69) is 15.3 Å². The number of rotatable bonds is 3. The summed E-state index contributed by atoms with van der Waals surface area (Å²) in [5.41, 5.74) is 7.69. The second-order valence-electron chi connectivity index (χ2n) is 3.97. The van der Waals surface area contributed by atoms with Gasteiger partial charge in [0.05, 0.1) is 12.2 Å². The van der Waals surface area contributed by atoms with Gasteiger partial charge in [-0.1, -0.05) is 30.3 Å². The molecule has 0 amide bonds. The van der Waals surface area contributed by atoms with Crippen LogP contribution in [0.5, 0.6) is 0 Å². The molecule has 0 radical (unpaired) electrons. The minimum absolute atomic E-state index is 0.292. The van der Waals surface area contributed by atoms with Gasteiger partial charge in [-0.2, -0.15) is 4.98 Å². The fraction of sp³-hybridized carbons (Fsp3) is 0.231. The molecule has 94 valence electrons. The number of hydrogen-bond donors (Lipinski definition) is 2. The van der Waals surface area contributed by atoms with Crippen molar-refractivity contribution in [3.63, 3.8) is 0 Å². The number of nitrogens with one attached hydrogen (secondary N) is 1. The van der Waals surface area contributed by atoms with Crippen LogP contribution in [0.3, 0.4) is 0 Å². The lowest BCUT2D eigenvalue weighted by Gasteiger charge is -2.00. The van der Waals surface area contributed by atoms with E-state index < -0.39 is 0 Å². The third kappa shape index (κ3) is 3.10. The van der Waals surface area contributed by atoms with E-state index in [4.69, 9.17) is 10.2 Å². The molecule has 0 aliphatic heterocycles. The summed E-state index contributed by atoms with van der Waals surface area (Å²) in [6, 6.07) is 10.3. The Morgan fingerprint density at radius 3 is 2.67 bits per heavy atom. The smallest absolute Gasteiger partial charge is 0.301 e. The molecule has 18 heavy (non-hydrogen) atoms. The van der Waals surface area contributed by atoms with Crippen molar-refractivity contribution < 1.29 is 4.42 Å². The fourth-order valence-corrected chi connectivity index (χ4v) is 1.44. The predicted molar refractivity (Wildman–Crippen MR) is 71.4 cm³/mol. The second-order valence-corrected chi connectivity index (χ2v) is 3.97. The highest BCUT2D eigenvalue weighted by Crippen LogP contribution is 2.12. The van der Waals surface area contributed by atoms with E-state index in [1.165, 1.54) is 0 Å². The highest BCUT2D eigenvalue weighted by Gasteiger charge is 2.05. The lowest BCUT2D eigenvalue weighted by Crippen LogP contribution is -2.22. The summed E-state index contributed by atoms with van der Waals surface area (Å²) in [6.07, 6.45) is 0. The standard InChI is InChI=1S/C13H16N4O/c1-9-10(2)18-13(16-9)17-12(14)15-8-11-6-4-3-5-7-11/h3-7H,8H2,1-2H3,(H3,14,15,16,17). The number of nitrogens with two attached hydrogens (primary N) is 1. The third-order valence-electron chi connectivity index (χ3n) is 2.54. The molecule has 0 fully saturated rings. The van der Waals surface area contributed by atoms with Gasteiger partial charge in [0.2, 0.25) is 0 Å². The summed E-state index contributed by atoms with van der Waals surface area (Å²) < 4.78 is 5.35. The van der Waals surface area contributed by atoms with Crippen LogP contribution in [0.25, 0.3) is 0 Å². The van der Waals surface area contributed by atoms with Crippen molar-refractivity contribution in [2.24, 2.45) is 10.7 Å². The molecule has 1 heterocycles. The van der Waals surface area contributed by atoms with E-state index in [0.29, 0.717) is 18.5 Å². The van der Waals surface area contributed by atoms with Gasteiger partial charge in [-0.3, -0.25) is 5.32 Å². The Morgan fingerprint density at radius 1 is 1.33 bits per heavy atom. The Kier molecular flexibility index (Phi) is 3.62. The van der Waals surface area contributed by atoms with Gasteiger partial charge in [-0.15, -0.1) is 0 Å². The zero-order valence-corrected chi connectivity index (χ0v) is 10.5. The highest BCUT2D eigenvalue weighted by atomic mass is 16.4. The van der Waals surface area contributed by atoms with Crippen LogP contribution in [0.4, 0.5) is 6.01 Å². The molecule has 0 aliphatic carbocycles. The van der Waals surface area contributed by atoms with Crippen LogP contribution in [-0.4, -0.2) is 10.9 Å². The van der Waals surface area contributed by atoms with E-state index in [-0.39, 0.29) is 0 Å². The molecule has 5 heteroatoms. The Balaban J connectivity index is 1.97. The molecule has 0 spiro atoms. The first-order chi connectivity index (χ1) is 8.65. The topological polar surface area (TPSA) is 76.4 Å². The molecule has 0 saturated heterocycles. The SMILES string of the molecule is Cc1nc(NC(N)=NCc2ccccc2)oc1C. The normalized spacial score (nSPS) is 11.6. The Hall–Kier alpha value is -2.30. The Bertz CT molecular complexity index is 526. The molecule has 0 unspecified atom stereocenters. The first-order valence-corrected chi connectivity index (χ1v) is 5.70. The molecule has 0 atom stereocenters. The van der Waals surface area contributed by atoms with Crippen molar-refractivity contribution in [3.8, 4) is 0 Å². The fourth-order valence-electron chi connectivity index (χ4n) is 1.44. The monoisotopic (exact) mass is 244 g/mol. The van der Waals surface area contributed by atoms with Crippen molar-refractivity contribution in [2.75, 3.05) is 5.32 Å². The predicted octanol–water partition coefficient (Wildman–Crippen LogP) is 2.22. The Morgan fingerprint density at radius 2 is 2.06 bits per heavy atom. The number of nitrogens with zero attached hydrogens (tertiary/aromatic N) is 2. The summed E-state index contributed by atoms with van der Waals surface area (Å²) in [4.78, 5) is 8.38. The number of aromatic nitrogens is 1. The van der Waals surface area contributed by atoms with E-state index >= 15 is 0 Å². The summed E-state index contributed by atoms with van der Waals surface area (Å²) in [5, 5.41) is 2.82. The summed E-state index contributed by atoms with van der Waals surface area (Å²) >= 11 is 0. The average molecular weight is 244 g/mol. The first-order valence-electron chi connectivity index (χ1n) is 5.70. The van der Waals surface area contributed by atoms with Gasteiger partial charge in [-0.05, 0) is 19.4 Å². The maximum Gasteiger partial charge on any atom is 0.301 e.